The van der Waals surface area contributed by atoms with Crippen LogP contribution >= 0.6 is 0 Å². The summed E-state index contributed by atoms with van der Waals surface area (Å²) >= 11 is 0. The molecule has 150 valence electrons. The van der Waals surface area contributed by atoms with E-state index >= 15 is 0 Å². The van der Waals surface area contributed by atoms with Gasteiger partial charge in [-0.1, -0.05) is 36.4 Å². The summed E-state index contributed by atoms with van der Waals surface area (Å²) in [7, 11) is -3.76. The van der Waals surface area contributed by atoms with E-state index in [0.717, 1.165) is 38.8 Å². The Morgan fingerprint density at radius 2 is 1.64 bits per heavy atom. The van der Waals surface area contributed by atoms with Crippen molar-refractivity contribution in [2.24, 2.45) is 0 Å². The highest BCUT2D eigenvalue weighted by molar-refractivity contribution is 7.89. The molecule has 3 rings (SSSR count). The maximum absolute atomic E-state index is 12.3. The van der Waals surface area contributed by atoms with Gasteiger partial charge in [0.05, 0.1) is 9.82 Å². The molecule has 0 unspecified atom stereocenters. The molecule has 0 aromatic heterocycles. The molecule has 2 aromatic rings. The van der Waals surface area contributed by atoms with Crippen molar-refractivity contribution in [1.29, 1.82) is 0 Å². The summed E-state index contributed by atoms with van der Waals surface area (Å²) in [4.78, 5) is 14.7. The molecule has 2 aromatic carbocycles. The van der Waals surface area contributed by atoms with Crippen molar-refractivity contribution in [3.05, 3.63) is 70.3 Å². The standard InChI is InChI=1S/C19H24N4O4S/c24-23(25)18-7-4-8-19(15-18)28(26,27)20-9-10-21-11-13-22(14-12-21)16-17-5-2-1-3-6-17/h1-8,15,20H,9-14,16H2. The lowest BCUT2D eigenvalue weighted by molar-refractivity contribution is -0.385. The highest BCUT2D eigenvalue weighted by atomic mass is 32.2. The van der Waals surface area contributed by atoms with E-state index in [4.69, 9.17) is 0 Å². The molecule has 0 spiro atoms. The van der Waals surface area contributed by atoms with Crippen LogP contribution in [-0.4, -0.2) is 62.4 Å². The Kier molecular flexibility index (Phi) is 6.74. The summed E-state index contributed by atoms with van der Waals surface area (Å²) in [6, 6.07) is 15.4. The van der Waals surface area contributed by atoms with Crippen molar-refractivity contribution in [2.75, 3.05) is 39.3 Å². The molecule has 1 aliphatic heterocycles. The maximum atomic E-state index is 12.3. The highest BCUT2D eigenvalue weighted by Crippen LogP contribution is 2.17. The topological polar surface area (TPSA) is 95.8 Å². The first-order chi connectivity index (χ1) is 13.4. The lowest BCUT2D eigenvalue weighted by Gasteiger charge is -2.34. The minimum absolute atomic E-state index is 0.0885. The third-order valence-electron chi connectivity index (χ3n) is 4.77. The second-order valence-electron chi connectivity index (χ2n) is 6.76. The van der Waals surface area contributed by atoms with Crippen LogP contribution in [0.5, 0.6) is 0 Å². The first-order valence-corrected chi connectivity index (χ1v) is 10.7. The Balaban J connectivity index is 1.44. The van der Waals surface area contributed by atoms with Gasteiger partial charge in [0.2, 0.25) is 10.0 Å². The van der Waals surface area contributed by atoms with Crippen LogP contribution in [0.25, 0.3) is 0 Å². The number of non-ortho nitro benzene ring substituents is 1. The van der Waals surface area contributed by atoms with E-state index < -0.39 is 14.9 Å². The van der Waals surface area contributed by atoms with Crippen molar-refractivity contribution < 1.29 is 13.3 Å². The van der Waals surface area contributed by atoms with Gasteiger partial charge in [0.15, 0.2) is 0 Å². The highest BCUT2D eigenvalue weighted by Gasteiger charge is 2.20. The molecule has 1 heterocycles. The third-order valence-corrected chi connectivity index (χ3v) is 6.23. The fourth-order valence-electron chi connectivity index (χ4n) is 3.20. The number of nitrogens with zero attached hydrogens (tertiary/aromatic N) is 3. The Labute approximate surface area is 165 Å². The van der Waals surface area contributed by atoms with E-state index in [2.05, 4.69) is 26.7 Å². The number of hydrogen-bond donors (Lipinski definition) is 1. The van der Waals surface area contributed by atoms with E-state index in [0.29, 0.717) is 6.54 Å². The van der Waals surface area contributed by atoms with Crippen molar-refractivity contribution >= 4 is 15.7 Å². The van der Waals surface area contributed by atoms with E-state index in [9.17, 15) is 18.5 Å². The zero-order valence-electron chi connectivity index (χ0n) is 15.5. The minimum Gasteiger partial charge on any atom is -0.299 e. The van der Waals surface area contributed by atoms with Gasteiger partial charge in [-0.15, -0.1) is 0 Å². The van der Waals surface area contributed by atoms with Gasteiger partial charge >= 0.3 is 0 Å². The fourth-order valence-corrected chi connectivity index (χ4v) is 4.26. The van der Waals surface area contributed by atoms with Gasteiger partial charge in [0.1, 0.15) is 0 Å². The van der Waals surface area contributed by atoms with Gasteiger partial charge in [0.25, 0.3) is 5.69 Å². The molecule has 8 nitrogen and oxygen atoms in total. The maximum Gasteiger partial charge on any atom is 0.270 e. The quantitative estimate of drug-likeness (QED) is 0.531. The molecule has 0 atom stereocenters. The number of nitrogens with one attached hydrogen (secondary N) is 1. The molecule has 1 saturated heterocycles. The molecule has 0 bridgehead atoms. The summed E-state index contributed by atoms with van der Waals surface area (Å²) in [6.45, 7) is 5.43. The molecule has 9 heteroatoms. The van der Waals surface area contributed by atoms with Crippen LogP contribution in [0.2, 0.25) is 0 Å². The number of nitro groups is 1. The van der Waals surface area contributed by atoms with Gasteiger partial charge in [-0.05, 0) is 11.6 Å². The largest absolute Gasteiger partial charge is 0.299 e. The van der Waals surface area contributed by atoms with Crippen LogP contribution in [0.3, 0.4) is 0 Å². The molecular formula is C19H24N4O4S. The molecule has 1 fully saturated rings. The lowest BCUT2D eigenvalue weighted by atomic mass is 10.2. The van der Waals surface area contributed by atoms with Crippen LogP contribution in [0.1, 0.15) is 5.56 Å². The normalized spacial score (nSPS) is 16.1. The number of rotatable bonds is 8. The monoisotopic (exact) mass is 404 g/mol. The van der Waals surface area contributed by atoms with Crippen molar-refractivity contribution in [1.82, 2.24) is 14.5 Å². The van der Waals surface area contributed by atoms with E-state index in [-0.39, 0.29) is 17.1 Å². The second kappa shape index (κ2) is 9.24. The molecule has 0 amide bonds. The van der Waals surface area contributed by atoms with E-state index in [1.165, 1.54) is 23.8 Å². The predicted octanol–water partition coefficient (Wildman–Crippen LogP) is 1.69. The second-order valence-corrected chi connectivity index (χ2v) is 8.52. The van der Waals surface area contributed by atoms with Crippen LogP contribution < -0.4 is 4.72 Å². The van der Waals surface area contributed by atoms with Crippen molar-refractivity contribution in [3.63, 3.8) is 0 Å². The molecule has 1 N–H and O–H groups in total. The van der Waals surface area contributed by atoms with Crippen LogP contribution in [0.4, 0.5) is 5.69 Å². The third kappa shape index (κ3) is 5.59. The lowest BCUT2D eigenvalue weighted by Crippen LogP contribution is -2.48. The summed E-state index contributed by atoms with van der Waals surface area (Å²) in [6.07, 6.45) is 0. The van der Waals surface area contributed by atoms with Gasteiger partial charge in [-0.3, -0.25) is 19.9 Å². The van der Waals surface area contributed by atoms with Gasteiger partial charge in [-0.2, -0.15) is 0 Å². The summed E-state index contributed by atoms with van der Waals surface area (Å²) in [5.41, 5.74) is 1.05. The molecule has 0 saturated carbocycles. The summed E-state index contributed by atoms with van der Waals surface area (Å²) in [5, 5.41) is 10.8. The SMILES string of the molecule is O=[N+]([O-])c1cccc(S(=O)(=O)NCCN2CCN(Cc3ccccc3)CC2)c1. The van der Waals surface area contributed by atoms with Gasteiger partial charge in [0, 0.05) is 57.9 Å². The number of hydrogen-bond acceptors (Lipinski definition) is 6. The Hall–Kier alpha value is -2.33. The average molecular weight is 404 g/mol. The summed E-state index contributed by atoms with van der Waals surface area (Å²) in [5.74, 6) is 0. The predicted molar refractivity (Wildman–Crippen MR) is 106 cm³/mol. The van der Waals surface area contributed by atoms with Crippen LogP contribution in [0.15, 0.2) is 59.5 Å². The Bertz CT molecular complexity index is 897. The Morgan fingerprint density at radius 3 is 2.32 bits per heavy atom. The molecule has 28 heavy (non-hydrogen) atoms. The van der Waals surface area contributed by atoms with Crippen molar-refractivity contribution in [2.45, 2.75) is 11.4 Å². The number of benzene rings is 2. The Morgan fingerprint density at radius 1 is 0.964 bits per heavy atom. The fraction of sp³-hybridized carbons (Fsp3) is 0.368. The molecular weight excluding hydrogens is 380 g/mol. The zero-order chi connectivity index (χ0) is 20.0. The smallest absolute Gasteiger partial charge is 0.270 e. The zero-order valence-corrected chi connectivity index (χ0v) is 16.3. The number of sulfonamides is 1. The molecule has 0 aliphatic carbocycles. The summed E-state index contributed by atoms with van der Waals surface area (Å²) < 4.78 is 27.2. The van der Waals surface area contributed by atoms with E-state index in [1.807, 2.05) is 18.2 Å². The average Bonchev–Trinajstić information content (AvgIpc) is 2.70. The van der Waals surface area contributed by atoms with Crippen molar-refractivity contribution in [3.8, 4) is 0 Å². The number of piperazine rings is 1. The first-order valence-electron chi connectivity index (χ1n) is 9.17. The van der Waals surface area contributed by atoms with Gasteiger partial charge in [-0.25, -0.2) is 13.1 Å². The minimum atomic E-state index is -3.76. The number of nitro benzene ring substituents is 1. The molecule has 1 aliphatic rings. The van der Waals surface area contributed by atoms with Gasteiger partial charge < -0.3 is 0 Å². The van der Waals surface area contributed by atoms with Crippen LogP contribution in [-0.2, 0) is 16.6 Å². The van der Waals surface area contributed by atoms with Crippen LogP contribution in [0, 0.1) is 10.1 Å². The van der Waals surface area contributed by atoms with E-state index in [1.54, 1.807) is 0 Å². The first kappa shape index (κ1) is 20.4. The molecule has 0 radical (unpaired) electrons.